The highest BCUT2D eigenvalue weighted by atomic mass is 32.2. The van der Waals surface area contributed by atoms with Crippen LogP contribution < -0.4 is 9.47 Å². The Kier molecular flexibility index (Phi) is 6.02. The summed E-state index contributed by atoms with van der Waals surface area (Å²) in [6.45, 7) is 0.197. The van der Waals surface area contributed by atoms with Crippen LogP contribution in [0.15, 0.2) is 47.4 Å². The van der Waals surface area contributed by atoms with Gasteiger partial charge in [0.15, 0.2) is 11.5 Å². The fourth-order valence-corrected chi connectivity index (χ4v) is 3.41. The summed E-state index contributed by atoms with van der Waals surface area (Å²) in [5.41, 5.74) is 1.35. The second kappa shape index (κ2) is 8.63. The first-order chi connectivity index (χ1) is 13.5. The third-order valence-corrected chi connectivity index (χ3v) is 4.83. The van der Waals surface area contributed by atoms with Gasteiger partial charge in [0, 0.05) is 0 Å². The number of terminal acetylenes is 1. The van der Waals surface area contributed by atoms with Crippen LogP contribution in [0.4, 0.5) is 9.18 Å². The highest BCUT2D eigenvalue weighted by Gasteiger charge is 2.35. The van der Waals surface area contributed by atoms with Crippen LogP contribution in [0.2, 0.25) is 0 Å². The topological polar surface area (TPSA) is 55.8 Å². The lowest BCUT2D eigenvalue weighted by atomic mass is 10.1. The number of rotatable bonds is 6. The molecule has 5 nitrogen and oxygen atoms in total. The van der Waals surface area contributed by atoms with E-state index in [9.17, 15) is 14.0 Å². The maximum atomic E-state index is 13.0. The van der Waals surface area contributed by atoms with E-state index in [1.165, 1.54) is 19.2 Å². The van der Waals surface area contributed by atoms with E-state index >= 15 is 0 Å². The molecule has 0 radical (unpaired) electrons. The van der Waals surface area contributed by atoms with E-state index in [1.807, 2.05) is 0 Å². The molecule has 2 aromatic carbocycles. The lowest BCUT2D eigenvalue weighted by molar-refractivity contribution is -0.123. The van der Waals surface area contributed by atoms with Crippen molar-refractivity contribution in [3.63, 3.8) is 0 Å². The minimum atomic E-state index is -0.397. The quantitative estimate of drug-likeness (QED) is 0.543. The van der Waals surface area contributed by atoms with E-state index in [1.54, 1.807) is 36.4 Å². The van der Waals surface area contributed by atoms with E-state index in [2.05, 4.69) is 5.92 Å². The number of hydrogen-bond donors (Lipinski definition) is 0. The predicted molar refractivity (Wildman–Crippen MR) is 105 cm³/mol. The first-order valence-corrected chi connectivity index (χ1v) is 9.07. The maximum absolute atomic E-state index is 13.0. The van der Waals surface area contributed by atoms with Crippen molar-refractivity contribution in [2.75, 3.05) is 13.7 Å². The Hall–Kier alpha value is -3.24. The van der Waals surface area contributed by atoms with E-state index < -0.39 is 5.91 Å². The molecule has 1 aliphatic heterocycles. The van der Waals surface area contributed by atoms with Gasteiger partial charge in [0.05, 0.1) is 18.6 Å². The van der Waals surface area contributed by atoms with Gasteiger partial charge in [-0.2, -0.15) is 0 Å². The molecule has 1 saturated heterocycles. The normalized spacial score (nSPS) is 15.0. The Bertz CT molecular complexity index is 979. The second-order valence-corrected chi connectivity index (χ2v) is 6.79. The lowest BCUT2D eigenvalue weighted by Gasteiger charge is -2.12. The minimum absolute atomic E-state index is 0.0878. The molecule has 0 aromatic heterocycles. The van der Waals surface area contributed by atoms with Crippen molar-refractivity contribution in [3.05, 3.63) is 64.3 Å². The zero-order valence-electron chi connectivity index (χ0n) is 15.0. The number of imide groups is 1. The van der Waals surface area contributed by atoms with Gasteiger partial charge >= 0.3 is 0 Å². The summed E-state index contributed by atoms with van der Waals surface area (Å²) in [4.78, 5) is 26.3. The molecule has 1 fully saturated rings. The van der Waals surface area contributed by atoms with Crippen LogP contribution in [-0.2, 0) is 11.3 Å². The van der Waals surface area contributed by atoms with Crippen LogP contribution in [0, 0.1) is 18.2 Å². The highest BCUT2D eigenvalue weighted by molar-refractivity contribution is 8.18. The van der Waals surface area contributed by atoms with E-state index in [0.717, 1.165) is 16.7 Å². The van der Waals surface area contributed by atoms with Gasteiger partial charge in [-0.3, -0.25) is 14.5 Å². The fraction of sp³-hybridized carbons (Fsp3) is 0.143. The van der Waals surface area contributed by atoms with Crippen LogP contribution in [-0.4, -0.2) is 29.8 Å². The Morgan fingerprint density at radius 3 is 2.61 bits per heavy atom. The summed E-state index contributed by atoms with van der Waals surface area (Å²) in [5, 5.41) is -0.374. The predicted octanol–water partition coefficient (Wildman–Crippen LogP) is 4.08. The zero-order chi connectivity index (χ0) is 20.1. The van der Waals surface area contributed by atoms with Crippen LogP contribution in [0.1, 0.15) is 11.1 Å². The number of ether oxygens (including phenoxy) is 2. The van der Waals surface area contributed by atoms with E-state index in [0.29, 0.717) is 27.5 Å². The molecule has 142 valence electrons. The first-order valence-electron chi connectivity index (χ1n) is 8.26. The first kappa shape index (κ1) is 19.5. The minimum Gasteiger partial charge on any atom is -0.493 e. The number of carbonyl (C=O) groups excluding carboxylic acids is 2. The number of nitrogens with zero attached hydrogens (tertiary/aromatic N) is 1. The molecule has 0 aliphatic carbocycles. The molecule has 1 heterocycles. The Morgan fingerprint density at radius 2 is 1.93 bits per heavy atom. The fourth-order valence-electron chi connectivity index (χ4n) is 2.57. The van der Waals surface area contributed by atoms with Gasteiger partial charge < -0.3 is 9.47 Å². The van der Waals surface area contributed by atoms with Gasteiger partial charge in [0.2, 0.25) is 0 Å². The van der Waals surface area contributed by atoms with E-state index in [-0.39, 0.29) is 24.2 Å². The molecule has 0 bridgehead atoms. The molecule has 0 unspecified atom stereocenters. The summed E-state index contributed by atoms with van der Waals surface area (Å²) in [7, 11) is 1.50. The number of halogens is 1. The summed E-state index contributed by atoms with van der Waals surface area (Å²) in [5.74, 6) is 2.56. The molecule has 2 amide bonds. The third-order valence-electron chi connectivity index (χ3n) is 3.92. The number of thioether (sulfide) groups is 1. The molecule has 0 atom stereocenters. The second-order valence-electron chi connectivity index (χ2n) is 5.80. The van der Waals surface area contributed by atoms with Gasteiger partial charge in [-0.25, -0.2) is 4.39 Å². The molecular formula is C21H16FNO4S. The Balaban J connectivity index is 1.79. The SMILES string of the molecule is C#CCOc1ccc(/C=C2\SC(=O)N(Cc3ccc(F)cc3)C2=O)cc1OC. The summed E-state index contributed by atoms with van der Waals surface area (Å²) in [6, 6.07) is 10.8. The largest absolute Gasteiger partial charge is 0.493 e. The average molecular weight is 397 g/mol. The number of hydrogen-bond acceptors (Lipinski definition) is 5. The smallest absolute Gasteiger partial charge is 0.293 e. The van der Waals surface area contributed by atoms with Gasteiger partial charge in [-0.05, 0) is 53.2 Å². The Labute approximate surface area is 166 Å². The Morgan fingerprint density at radius 1 is 1.18 bits per heavy atom. The van der Waals surface area contributed by atoms with Crippen molar-refractivity contribution >= 4 is 29.0 Å². The van der Waals surface area contributed by atoms with Gasteiger partial charge in [-0.1, -0.05) is 24.1 Å². The number of amides is 2. The maximum Gasteiger partial charge on any atom is 0.293 e. The van der Waals surface area contributed by atoms with Crippen LogP contribution in [0.25, 0.3) is 6.08 Å². The molecule has 3 rings (SSSR count). The molecule has 0 N–H and O–H groups in total. The third kappa shape index (κ3) is 4.35. The van der Waals surface area contributed by atoms with Crippen molar-refractivity contribution < 1.29 is 23.5 Å². The highest BCUT2D eigenvalue weighted by Crippen LogP contribution is 2.35. The number of methoxy groups -OCH3 is 1. The molecule has 0 saturated carbocycles. The van der Waals surface area contributed by atoms with Crippen molar-refractivity contribution in [2.45, 2.75) is 6.54 Å². The standard InChI is InChI=1S/C21H16FNO4S/c1-3-10-27-17-9-6-15(11-18(17)26-2)12-19-20(24)23(21(25)28-19)13-14-4-7-16(22)8-5-14/h1,4-9,11-12H,10,13H2,2H3/b19-12-. The lowest BCUT2D eigenvalue weighted by Crippen LogP contribution is -2.27. The number of benzene rings is 2. The molecule has 2 aromatic rings. The van der Waals surface area contributed by atoms with E-state index in [4.69, 9.17) is 15.9 Å². The molecule has 7 heteroatoms. The van der Waals surface area contributed by atoms with Crippen LogP contribution in [0.3, 0.4) is 0 Å². The average Bonchev–Trinajstić information content (AvgIpc) is 2.95. The summed E-state index contributed by atoms with van der Waals surface area (Å²) < 4.78 is 23.7. The summed E-state index contributed by atoms with van der Waals surface area (Å²) in [6.07, 6.45) is 6.80. The van der Waals surface area contributed by atoms with Gasteiger partial charge in [0.1, 0.15) is 12.4 Å². The number of carbonyl (C=O) groups is 2. The van der Waals surface area contributed by atoms with Crippen molar-refractivity contribution in [1.82, 2.24) is 4.90 Å². The summed E-state index contributed by atoms with van der Waals surface area (Å²) >= 11 is 0.856. The van der Waals surface area contributed by atoms with Gasteiger partial charge in [0.25, 0.3) is 11.1 Å². The van der Waals surface area contributed by atoms with Crippen molar-refractivity contribution in [2.24, 2.45) is 0 Å². The van der Waals surface area contributed by atoms with Crippen LogP contribution in [0.5, 0.6) is 11.5 Å². The molecule has 0 spiro atoms. The van der Waals surface area contributed by atoms with Crippen molar-refractivity contribution in [3.8, 4) is 23.8 Å². The molecule has 1 aliphatic rings. The zero-order valence-corrected chi connectivity index (χ0v) is 15.8. The van der Waals surface area contributed by atoms with Crippen LogP contribution >= 0.6 is 11.8 Å². The van der Waals surface area contributed by atoms with Gasteiger partial charge in [-0.15, -0.1) is 6.42 Å². The monoisotopic (exact) mass is 397 g/mol. The molecular weight excluding hydrogens is 381 g/mol. The van der Waals surface area contributed by atoms with Crippen molar-refractivity contribution in [1.29, 1.82) is 0 Å². The molecule has 28 heavy (non-hydrogen) atoms.